The lowest BCUT2D eigenvalue weighted by Gasteiger charge is -2.28. The summed E-state index contributed by atoms with van der Waals surface area (Å²) in [4.78, 5) is 11.2. The van der Waals surface area contributed by atoms with Gasteiger partial charge in [-0.1, -0.05) is 30.8 Å². The van der Waals surface area contributed by atoms with E-state index >= 15 is 0 Å². The number of anilines is 2. The fraction of sp³-hybridized carbons (Fsp3) is 0.280. The van der Waals surface area contributed by atoms with Gasteiger partial charge in [0.2, 0.25) is 5.95 Å². The molecule has 1 aromatic heterocycles. The first-order valence-electron chi connectivity index (χ1n) is 10.9. The number of nitrogens with one attached hydrogen (secondary N) is 2. The Hall–Kier alpha value is -3.45. The van der Waals surface area contributed by atoms with Crippen LogP contribution in [0.2, 0.25) is 0 Å². The summed E-state index contributed by atoms with van der Waals surface area (Å²) in [7, 11) is 1.73. The highest BCUT2D eigenvalue weighted by atomic mass is 19.1. The van der Waals surface area contributed by atoms with Crippen LogP contribution in [0.5, 0.6) is 0 Å². The van der Waals surface area contributed by atoms with Gasteiger partial charge in [0.1, 0.15) is 11.4 Å². The molecular weight excluding hydrogens is 405 g/mol. The molecule has 2 aromatic carbocycles. The molecule has 0 saturated carbocycles. The Morgan fingerprint density at radius 2 is 1.78 bits per heavy atom. The van der Waals surface area contributed by atoms with Crippen molar-refractivity contribution in [3.8, 4) is 22.5 Å². The second kappa shape index (κ2) is 8.59. The van der Waals surface area contributed by atoms with Gasteiger partial charge in [-0.25, -0.2) is 4.98 Å². The predicted octanol–water partition coefficient (Wildman–Crippen LogP) is 3.94. The molecule has 0 bridgehead atoms. The largest absolute Gasteiger partial charge is 0.385 e. The third kappa shape index (κ3) is 3.80. The van der Waals surface area contributed by atoms with Crippen LogP contribution in [-0.2, 0) is 11.2 Å². The van der Waals surface area contributed by atoms with Crippen molar-refractivity contribution in [2.45, 2.75) is 6.42 Å². The zero-order valence-corrected chi connectivity index (χ0v) is 18.1. The lowest BCUT2D eigenvalue weighted by atomic mass is 9.95. The van der Waals surface area contributed by atoms with Crippen LogP contribution in [-0.4, -0.2) is 49.9 Å². The van der Waals surface area contributed by atoms with Crippen LogP contribution in [0.15, 0.2) is 49.0 Å². The minimum absolute atomic E-state index is 0.247. The predicted molar refractivity (Wildman–Crippen MR) is 126 cm³/mol. The minimum Gasteiger partial charge on any atom is -0.385 e. The molecule has 32 heavy (non-hydrogen) atoms. The van der Waals surface area contributed by atoms with Gasteiger partial charge >= 0.3 is 0 Å². The van der Waals surface area contributed by atoms with E-state index in [2.05, 4.69) is 33.2 Å². The van der Waals surface area contributed by atoms with Gasteiger partial charge < -0.3 is 20.3 Å². The maximum atomic E-state index is 14.9. The molecule has 3 aromatic rings. The summed E-state index contributed by atoms with van der Waals surface area (Å²) in [6, 6.07) is 14.0. The molecule has 7 heteroatoms. The van der Waals surface area contributed by atoms with E-state index in [1.165, 1.54) is 5.56 Å². The van der Waals surface area contributed by atoms with Crippen LogP contribution < -0.4 is 15.5 Å². The third-order valence-corrected chi connectivity index (χ3v) is 6.04. The Kier molecular flexibility index (Phi) is 5.49. The van der Waals surface area contributed by atoms with Crippen LogP contribution in [0.4, 0.5) is 15.9 Å². The highest BCUT2D eigenvalue weighted by molar-refractivity contribution is 5.78. The van der Waals surface area contributed by atoms with Crippen molar-refractivity contribution in [1.29, 1.82) is 0 Å². The number of benzene rings is 2. The summed E-state index contributed by atoms with van der Waals surface area (Å²) in [5.41, 5.74) is 6.83. The first-order chi connectivity index (χ1) is 15.6. The lowest BCUT2D eigenvalue weighted by molar-refractivity contribution is 0.122. The Morgan fingerprint density at radius 1 is 1.03 bits per heavy atom. The monoisotopic (exact) mass is 431 g/mol. The molecule has 1 fully saturated rings. The second-order valence-corrected chi connectivity index (χ2v) is 7.98. The topological polar surface area (TPSA) is 62.3 Å². The molecule has 3 heterocycles. The van der Waals surface area contributed by atoms with E-state index in [-0.39, 0.29) is 5.69 Å². The maximum Gasteiger partial charge on any atom is 0.241 e. The zero-order chi connectivity index (χ0) is 22.1. The number of fused-ring (bicyclic) bond motifs is 1. The summed E-state index contributed by atoms with van der Waals surface area (Å²) < 4.78 is 20.4. The van der Waals surface area contributed by atoms with Gasteiger partial charge in [-0.3, -0.25) is 0 Å². The van der Waals surface area contributed by atoms with Crippen molar-refractivity contribution in [2.24, 2.45) is 0 Å². The molecule has 0 amide bonds. The summed E-state index contributed by atoms with van der Waals surface area (Å²) in [6.45, 7) is 8.10. The number of aromatic nitrogens is 2. The Balaban J connectivity index is 1.52. The van der Waals surface area contributed by atoms with Crippen LogP contribution in [0.3, 0.4) is 0 Å². The van der Waals surface area contributed by atoms with Crippen LogP contribution in [0.25, 0.3) is 28.2 Å². The van der Waals surface area contributed by atoms with Gasteiger partial charge in [-0.15, -0.1) is 0 Å². The standard InChI is InChI=1S/C25H26FN5O/c1-16-21-8-5-19(15-18(21)9-10-28-16)23-25(27-2)30-24(26)22(29-23)17-3-6-20(7-4-17)31-11-13-32-14-12-31/h3-8,15,28H,1,9-14H2,2H3,(H,27,30). The fourth-order valence-corrected chi connectivity index (χ4v) is 4.31. The van der Waals surface area contributed by atoms with Crippen LogP contribution in [0, 0.1) is 5.95 Å². The van der Waals surface area contributed by atoms with Gasteiger partial charge in [-0.2, -0.15) is 9.37 Å². The van der Waals surface area contributed by atoms with E-state index in [0.717, 1.165) is 61.8 Å². The van der Waals surface area contributed by atoms with Crippen molar-refractivity contribution < 1.29 is 9.13 Å². The van der Waals surface area contributed by atoms with Gasteiger partial charge in [0.25, 0.3) is 0 Å². The minimum atomic E-state index is -0.590. The fourth-order valence-electron chi connectivity index (χ4n) is 4.31. The molecule has 5 rings (SSSR count). The second-order valence-electron chi connectivity index (χ2n) is 7.98. The summed E-state index contributed by atoms with van der Waals surface area (Å²) in [5.74, 6) is -0.170. The first kappa shape index (κ1) is 20.5. The Labute approximate surface area is 187 Å². The van der Waals surface area contributed by atoms with Crippen molar-refractivity contribution in [1.82, 2.24) is 15.3 Å². The number of nitrogens with zero attached hydrogens (tertiary/aromatic N) is 3. The molecule has 1 saturated heterocycles. The molecule has 0 aliphatic carbocycles. The quantitative estimate of drug-likeness (QED) is 0.653. The smallest absolute Gasteiger partial charge is 0.241 e. The number of ether oxygens (including phenoxy) is 1. The summed E-state index contributed by atoms with van der Waals surface area (Å²) in [5, 5.41) is 6.28. The maximum absolute atomic E-state index is 14.9. The molecule has 164 valence electrons. The number of morpholine rings is 1. The average molecular weight is 432 g/mol. The Morgan fingerprint density at radius 3 is 2.53 bits per heavy atom. The van der Waals surface area contributed by atoms with E-state index in [1.807, 2.05) is 36.4 Å². The van der Waals surface area contributed by atoms with Gasteiger partial charge in [0.05, 0.1) is 13.2 Å². The van der Waals surface area contributed by atoms with Gasteiger partial charge in [-0.05, 0) is 30.2 Å². The van der Waals surface area contributed by atoms with Crippen molar-refractivity contribution >= 4 is 17.2 Å². The number of hydrogen-bond acceptors (Lipinski definition) is 6. The van der Waals surface area contributed by atoms with Crippen molar-refractivity contribution in [3.63, 3.8) is 0 Å². The van der Waals surface area contributed by atoms with Gasteiger partial charge in [0, 0.05) is 54.8 Å². The molecule has 0 radical (unpaired) electrons. The van der Waals surface area contributed by atoms with Crippen molar-refractivity contribution in [3.05, 3.63) is 66.1 Å². The van der Waals surface area contributed by atoms with E-state index in [1.54, 1.807) is 7.05 Å². The third-order valence-electron chi connectivity index (χ3n) is 6.04. The summed E-state index contributed by atoms with van der Waals surface area (Å²) in [6.07, 6.45) is 0.904. The van der Waals surface area contributed by atoms with E-state index in [4.69, 9.17) is 9.72 Å². The van der Waals surface area contributed by atoms with E-state index in [9.17, 15) is 4.39 Å². The zero-order valence-electron chi connectivity index (χ0n) is 18.1. The van der Waals surface area contributed by atoms with Crippen molar-refractivity contribution in [2.75, 3.05) is 50.1 Å². The molecular formula is C25H26FN5O. The molecule has 2 aliphatic rings. The Bertz CT molecular complexity index is 1160. The number of halogens is 1. The van der Waals surface area contributed by atoms with E-state index in [0.29, 0.717) is 17.1 Å². The van der Waals surface area contributed by atoms with E-state index < -0.39 is 5.95 Å². The normalized spacial score (nSPS) is 15.8. The molecule has 0 atom stereocenters. The number of rotatable bonds is 4. The summed E-state index contributed by atoms with van der Waals surface area (Å²) >= 11 is 0. The SMILES string of the molecule is C=C1NCCc2cc(-c3nc(-c4ccc(N5CCOCC5)cc4)c(F)nc3NC)ccc21. The van der Waals surface area contributed by atoms with Crippen LogP contribution >= 0.6 is 0 Å². The van der Waals surface area contributed by atoms with Gasteiger partial charge in [0.15, 0.2) is 5.82 Å². The molecule has 2 N–H and O–H groups in total. The molecule has 6 nitrogen and oxygen atoms in total. The average Bonchev–Trinajstić information content (AvgIpc) is 2.84. The number of hydrogen-bond donors (Lipinski definition) is 2. The highest BCUT2D eigenvalue weighted by Crippen LogP contribution is 2.33. The first-order valence-corrected chi connectivity index (χ1v) is 10.9. The molecule has 2 aliphatic heterocycles. The highest BCUT2D eigenvalue weighted by Gasteiger charge is 2.19. The lowest BCUT2D eigenvalue weighted by Crippen LogP contribution is -2.36. The van der Waals surface area contributed by atoms with Crippen LogP contribution in [0.1, 0.15) is 11.1 Å². The molecule has 0 unspecified atom stereocenters. The molecule has 0 spiro atoms.